The van der Waals surface area contributed by atoms with Gasteiger partial charge in [0.25, 0.3) is 0 Å². The zero-order chi connectivity index (χ0) is 10.6. The van der Waals surface area contributed by atoms with Crippen molar-refractivity contribution in [2.75, 3.05) is 0 Å². The molecule has 78 valence electrons. The maximum absolute atomic E-state index is 5.83. The SMILES string of the molecule is CC.CCC1(c2ccc(Cl)cc2)CC1. The van der Waals surface area contributed by atoms with Crippen LogP contribution in [0.3, 0.4) is 0 Å². The lowest BCUT2D eigenvalue weighted by Crippen LogP contribution is -2.03. The molecule has 0 spiro atoms. The minimum atomic E-state index is 0.518. The average molecular weight is 211 g/mol. The zero-order valence-electron chi connectivity index (χ0n) is 9.31. The van der Waals surface area contributed by atoms with Gasteiger partial charge in [-0.3, -0.25) is 0 Å². The Bertz CT molecular complexity index is 270. The molecule has 0 nitrogen and oxygen atoms in total. The summed E-state index contributed by atoms with van der Waals surface area (Å²) in [5.41, 5.74) is 1.99. The van der Waals surface area contributed by atoms with Crippen molar-refractivity contribution in [1.82, 2.24) is 0 Å². The van der Waals surface area contributed by atoms with Crippen LogP contribution in [0.1, 0.15) is 45.6 Å². The second kappa shape index (κ2) is 4.84. The fraction of sp³-hybridized carbons (Fsp3) is 0.538. The third kappa shape index (κ3) is 2.30. The largest absolute Gasteiger partial charge is 0.0843 e. The molecule has 1 heteroatoms. The Hall–Kier alpha value is -0.490. The number of hydrogen-bond donors (Lipinski definition) is 0. The average Bonchev–Trinajstić information content (AvgIpc) is 3.03. The maximum atomic E-state index is 5.83. The molecular formula is C13H19Cl. The Labute approximate surface area is 92.3 Å². The normalized spacial score (nSPS) is 16.9. The first kappa shape index (κ1) is 11.6. The lowest BCUT2D eigenvalue weighted by atomic mass is 9.93. The van der Waals surface area contributed by atoms with Crippen molar-refractivity contribution in [2.45, 2.75) is 45.4 Å². The van der Waals surface area contributed by atoms with E-state index in [-0.39, 0.29) is 0 Å². The van der Waals surface area contributed by atoms with E-state index in [0.717, 1.165) is 5.02 Å². The highest BCUT2D eigenvalue weighted by molar-refractivity contribution is 6.30. The van der Waals surface area contributed by atoms with Gasteiger partial charge in [0.1, 0.15) is 0 Å². The molecule has 0 aliphatic heterocycles. The summed E-state index contributed by atoms with van der Waals surface area (Å²) in [4.78, 5) is 0. The van der Waals surface area contributed by atoms with Gasteiger partial charge in [-0.1, -0.05) is 44.5 Å². The molecule has 1 aliphatic rings. The van der Waals surface area contributed by atoms with Crippen LogP contribution in [0.15, 0.2) is 24.3 Å². The monoisotopic (exact) mass is 210 g/mol. The molecule has 0 amide bonds. The van der Waals surface area contributed by atoms with Crippen LogP contribution in [0.2, 0.25) is 5.02 Å². The predicted octanol–water partition coefficient (Wildman–Crippen LogP) is 4.81. The first-order valence-corrected chi connectivity index (χ1v) is 5.91. The Morgan fingerprint density at radius 1 is 1.14 bits per heavy atom. The molecule has 1 aromatic carbocycles. The second-order valence-corrected chi connectivity index (χ2v) is 4.08. The van der Waals surface area contributed by atoms with Gasteiger partial charge in [-0.15, -0.1) is 0 Å². The van der Waals surface area contributed by atoms with E-state index in [4.69, 9.17) is 11.6 Å². The molecule has 0 radical (unpaired) electrons. The van der Waals surface area contributed by atoms with Gasteiger partial charge >= 0.3 is 0 Å². The molecule has 0 saturated heterocycles. The van der Waals surface area contributed by atoms with Crippen molar-refractivity contribution in [3.8, 4) is 0 Å². The third-order valence-corrected chi connectivity index (χ3v) is 3.24. The zero-order valence-corrected chi connectivity index (χ0v) is 10.1. The van der Waals surface area contributed by atoms with Crippen LogP contribution in [0.4, 0.5) is 0 Å². The summed E-state index contributed by atoms with van der Waals surface area (Å²) in [5.74, 6) is 0. The van der Waals surface area contributed by atoms with Crippen molar-refractivity contribution >= 4 is 11.6 Å². The number of rotatable bonds is 2. The Morgan fingerprint density at radius 3 is 2.00 bits per heavy atom. The summed E-state index contributed by atoms with van der Waals surface area (Å²) in [7, 11) is 0. The summed E-state index contributed by atoms with van der Waals surface area (Å²) in [6.07, 6.45) is 3.96. The first-order valence-electron chi connectivity index (χ1n) is 5.53. The molecule has 0 heterocycles. The molecule has 0 bridgehead atoms. The fourth-order valence-corrected chi connectivity index (χ4v) is 1.93. The Kier molecular flexibility index (Phi) is 4.00. The highest BCUT2D eigenvalue weighted by atomic mass is 35.5. The summed E-state index contributed by atoms with van der Waals surface area (Å²) in [5, 5.41) is 0.839. The molecule has 1 saturated carbocycles. The van der Waals surface area contributed by atoms with Gasteiger partial charge in [0.2, 0.25) is 0 Å². The maximum Gasteiger partial charge on any atom is 0.0406 e. The van der Waals surface area contributed by atoms with E-state index < -0.39 is 0 Å². The van der Waals surface area contributed by atoms with Crippen LogP contribution in [0.5, 0.6) is 0 Å². The van der Waals surface area contributed by atoms with Crippen molar-refractivity contribution in [2.24, 2.45) is 0 Å². The van der Waals surface area contributed by atoms with Gasteiger partial charge in [-0.25, -0.2) is 0 Å². The van der Waals surface area contributed by atoms with Gasteiger partial charge in [-0.05, 0) is 42.4 Å². The third-order valence-electron chi connectivity index (χ3n) is 2.99. The van der Waals surface area contributed by atoms with Gasteiger partial charge in [0.05, 0.1) is 0 Å². The van der Waals surface area contributed by atoms with Crippen LogP contribution in [0, 0.1) is 0 Å². The van der Waals surface area contributed by atoms with Crippen LogP contribution >= 0.6 is 11.6 Å². The summed E-state index contributed by atoms with van der Waals surface area (Å²) >= 11 is 5.83. The number of benzene rings is 1. The number of hydrogen-bond acceptors (Lipinski definition) is 0. The fourth-order valence-electron chi connectivity index (χ4n) is 1.80. The van der Waals surface area contributed by atoms with Crippen LogP contribution in [-0.4, -0.2) is 0 Å². The highest BCUT2D eigenvalue weighted by Gasteiger charge is 2.41. The predicted molar refractivity (Wildman–Crippen MR) is 64.0 cm³/mol. The molecule has 14 heavy (non-hydrogen) atoms. The number of halogens is 1. The van der Waals surface area contributed by atoms with Gasteiger partial charge in [-0.2, -0.15) is 0 Å². The molecule has 0 unspecified atom stereocenters. The molecule has 1 aliphatic carbocycles. The molecule has 0 atom stereocenters. The molecule has 0 aromatic heterocycles. The van der Waals surface area contributed by atoms with Crippen molar-refractivity contribution in [1.29, 1.82) is 0 Å². The topological polar surface area (TPSA) is 0 Å². The standard InChI is InChI=1S/C11H13Cl.C2H6/c1-2-11(7-8-11)9-3-5-10(12)6-4-9;1-2/h3-6H,2,7-8H2,1H3;1-2H3. The smallest absolute Gasteiger partial charge is 0.0406 e. The summed E-state index contributed by atoms with van der Waals surface area (Å²) in [6, 6.07) is 8.32. The van der Waals surface area contributed by atoms with Crippen LogP contribution in [-0.2, 0) is 5.41 Å². The first-order chi connectivity index (χ1) is 6.77. The minimum Gasteiger partial charge on any atom is -0.0843 e. The summed E-state index contributed by atoms with van der Waals surface area (Å²) < 4.78 is 0. The highest BCUT2D eigenvalue weighted by Crippen LogP contribution is 2.50. The van der Waals surface area contributed by atoms with Crippen molar-refractivity contribution in [3.63, 3.8) is 0 Å². The Balaban J connectivity index is 0.000000461. The van der Waals surface area contributed by atoms with Crippen LogP contribution in [0.25, 0.3) is 0 Å². The molecule has 2 rings (SSSR count). The quantitative estimate of drug-likeness (QED) is 0.658. The van der Waals surface area contributed by atoms with Crippen molar-refractivity contribution < 1.29 is 0 Å². The van der Waals surface area contributed by atoms with E-state index in [0.29, 0.717) is 5.41 Å². The molecule has 1 fully saturated rings. The Morgan fingerprint density at radius 2 is 1.64 bits per heavy atom. The minimum absolute atomic E-state index is 0.518. The van der Waals surface area contributed by atoms with E-state index in [1.807, 2.05) is 26.0 Å². The molecule has 0 N–H and O–H groups in total. The van der Waals surface area contributed by atoms with E-state index in [2.05, 4.69) is 19.1 Å². The molecular weight excluding hydrogens is 192 g/mol. The van der Waals surface area contributed by atoms with E-state index in [1.54, 1.807) is 0 Å². The van der Waals surface area contributed by atoms with E-state index in [9.17, 15) is 0 Å². The second-order valence-electron chi connectivity index (χ2n) is 3.64. The lowest BCUT2D eigenvalue weighted by Gasteiger charge is -2.12. The lowest BCUT2D eigenvalue weighted by molar-refractivity contribution is 0.664. The van der Waals surface area contributed by atoms with Gasteiger partial charge in [0, 0.05) is 5.02 Å². The summed E-state index contributed by atoms with van der Waals surface area (Å²) in [6.45, 7) is 6.27. The van der Waals surface area contributed by atoms with Crippen molar-refractivity contribution in [3.05, 3.63) is 34.9 Å². The van der Waals surface area contributed by atoms with Gasteiger partial charge < -0.3 is 0 Å². The van der Waals surface area contributed by atoms with E-state index in [1.165, 1.54) is 24.8 Å². The van der Waals surface area contributed by atoms with Crippen LogP contribution < -0.4 is 0 Å². The van der Waals surface area contributed by atoms with E-state index >= 15 is 0 Å². The molecule has 1 aromatic rings. The van der Waals surface area contributed by atoms with Gasteiger partial charge in [0.15, 0.2) is 0 Å².